The molecule has 1 aromatic heterocycles. The molecule has 0 aliphatic heterocycles. The van der Waals surface area contributed by atoms with E-state index in [-0.39, 0.29) is 22.6 Å². The van der Waals surface area contributed by atoms with Crippen LogP contribution in [-0.4, -0.2) is 45.9 Å². The van der Waals surface area contributed by atoms with Crippen molar-refractivity contribution in [2.24, 2.45) is 5.73 Å². The van der Waals surface area contributed by atoms with Crippen LogP contribution in [0, 0.1) is 0 Å². The van der Waals surface area contributed by atoms with Gasteiger partial charge >= 0.3 is 5.51 Å². The number of carbonyl (C=O) groups is 1. The number of sulfone groups is 1. The molecule has 14 heteroatoms. The van der Waals surface area contributed by atoms with Gasteiger partial charge in [-0.3, -0.25) is 15.9 Å². The van der Waals surface area contributed by atoms with Crippen molar-refractivity contribution in [3.8, 4) is 16.8 Å². The van der Waals surface area contributed by atoms with E-state index in [1.54, 1.807) is 42.5 Å². The van der Waals surface area contributed by atoms with Crippen molar-refractivity contribution < 1.29 is 31.8 Å². The minimum atomic E-state index is -5.74. The highest BCUT2D eigenvalue weighted by molar-refractivity contribution is 7.92. The standard InChI is InChI=1S/C22H16F3N7O3S/c23-22(24,25)36(34,35)18-12-15(9-10-17(18)13-5-2-1-3-6-13)28-21(33)20-29-31-32(30-20)16-8-4-7-14(11-16)19(26)27/h1-12H,(H3,26,27)(H,28,33)/p+1. The van der Waals surface area contributed by atoms with E-state index in [2.05, 4.69) is 20.7 Å². The van der Waals surface area contributed by atoms with Gasteiger partial charge in [-0.1, -0.05) is 42.5 Å². The van der Waals surface area contributed by atoms with E-state index in [4.69, 9.17) is 11.1 Å². The summed E-state index contributed by atoms with van der Waals surface area (Å²) in [5.74, 6) is -1.29. The predicted molar refractivity (Wildman–Crippen MR) is 122 cm³/mol. The third-order valence-corrected chi connectivity index (χ3v) is 6.47. The van der Waals surface area contributed by atoms with Gasteiger partial charge in [-0.25, -0.2) is 8.42 Å². The molecule has 0 fully saturated rings. The molecule has 0 saturated heterocycles. The highest BCUT2D eigenvalue weighted by atomic mass is 32.2. The summed E-state index contributed by atoms with van der Waals surface area (Å²) in [5, 5.41) is 19.2. The van der Waals surface area contributed by atoms with E-state index in [0.29, 0.717) is 11.3 Å². The third-order valence-electron chi connectivity index (χ3n) is 4.95. The number of aromatic nitrogens is 4. The average Bonchev–Trinajstić information content (AvgIpc) is 3.35. The number of amides is 1. The van der Waals surface area contributed by atoms with Crippen LogP contribution in [0.1, 0.15) is 16.2 Å². The lowest BCUT2D eigenvalue weighted by molar-refractivity contribution is -0.114. The molecule has 0 spiro atoms. The van der Waals surface area contributed by atoms with Gasteiger partial charge in [0.2, 0.25) is 0 Å². The first-order valence-electron chi connectivity index (χ1n) is 10.1. The molecule has 1 amide bonds. The van der Waals surface area contributed by atoms with Gasteiger partial charge in [0, 0.05) is 11.3 Å². The summed E-state index contributed by atoms with van der Waals surface area (Å²) in [7, 11) is -5.74. The SMILES string of the molecule is NC(=[NH2+])c1cccc(-n2nnc(C(=O)Nc3ccc(-c4ccccc4)c(S(=O)(=O)C(F)(F)F)c3)n2)c1. The Morgan fingerprint density at radius 3 is 2.39 bits per heavy atom. The van der Waals surface area contributed by atoms with E-state index >= 15 is 0 Å². The summed E-state index contributed by atoms with van der Waals surface area (Å²) in [5.41, 5.74) is 0.755. The Kier molecular flexibility index (Phi) is 6.28. The monoisotopic (exact) mass is 516 g/mol. The largest absolute Gasteiger partial charge is 0.501 e. The van der Waals surface area contributed by atoms with E-state index < -0.39 is 32.0 Å². The Morgan fingerprint density at radius 1 is 1.00 bits per heavy atom. The Labute approximate surface area is 202 Å². The Hall–Kier alpha value is -4.59. The van der Waals surface area contributed by atoms with Crippen LogP contribution < -0.4 is 16.5 Å². The summed E-state index contributed by atoms with van der Waals surface area (Å²) >= 11 is 0. The van der Waals surface area contributed by atoms with Crippen molar-refractivity contribution in [3.63, 3.8) is 0 Å². The van der Waals surface area contributed by atoms with Gasteiger partial charge in [-0.15, -0.1) is 15.0 Å². The smallest absolute Gasteiger partial charge is 0.319 e. The van der Waals surface area contributed by atoms with Crippen LogP contribution in [0.3, 0.4) is 0 Å². The van der Waals surface area contributed by atoms with Crippen LogP contribution >= 0.6 is 0 Å². The second-order valence-electron chi connectivity index (χ2n) is 7.39. The number of hydrogen-bond donors (Lipinski definition) is 3. The number of halogens is 3. The molecule has 10 nitrogen and oxygen atoms in total. The average molecular weight is 516 g/mol. The highest BCUT2D eigenvalue weighted by Crippen LogP contribution is 2.37. The zero-order valence-corrected chi connectivity index (χ0v) is 19.0. The van der Waals surface area contributed by atoms with Crippen LogP contribution in [0.15, 0.2) is 77.7 Å². The zero-order chi connectivity index (χ0) is 26.1. The van der Waals surface area contributed by atoms with Crippen molar-refractivity contribution in [1.29, 1.82) is 0 Å². The van der Waals surface area contributed by atoms with Crippen LogP contribution in [0.5, 0.6) is 0 Å². The summed E-state index contributed by atoms with van der Waals surface area (Å²) in [4.78, 5) is 12.7. The van der Waals surface area contributed by atoms with Gasteiger partial charge < -0.3 is 5.32 Å². The van der Waals surface area contributed by atoms with Crippen molar-refractivity contribution in [3.05, 3.63) is 84.2 Å². The first kappa shape index (κ1) is 24.5. The third kappa shape index (κ3) is 4.79. The van der Waals surface area contributed by atoms with Gasteiger partial charge in [-0.05, 0) is 41.1 Å². The zero-order valence-electron chi connectivity index (χ0n) is 18.1. The molecular formula is C22H17F3N7O3S+. The van der Waals surface area contributed by atoms with Crippen molar-refractivity contribution in [2.45, 2.75) is 10.4 Å². The normalized spacial score (nSPS) is 11.8. The fourth-order valence-electron chi connectivity index (χ4n) is 3.21. The Balaban J connectivity index is 1.66. The fraction of sp³-hybridized carbons (Fsp3) is 0.0455. The second kappa shape index (κ2) is 9.22. The number of carbonyl (C=O) groups excluding carboxylic acids is 1. The Bertz CT molecular complexity index is 1570. The molecule has 0 unspecified atom stereocenters. The van der Waals surface area contributed by atoms with Gasteiger partial charge in [-0.2, -0.15) is 13.2 Å². The molecule has 184 valence electrons. The molecule has 3 aromatic carbocycles. The summed E-state index contributed by atoms with van der Waals surface area (Å²) in [6.07, 6.45) is 0. The molecular weight excluding hydrogens is 499 g/mol. The summed E-state index contributed by atoms with van der Waals surface area (Å²) in [6.45, 7) is 0. The molecule has 0 radical (unpaired) electrons. The van der Waals surface area contributed by atoms with E-state index in [0.717, 1.165) is 10.9 Å². The number of tetrazole rings is 1. The molecule has 0 atom stereocenters. The quantitative estimate of drug-likeness (QED) is 0.258. The van der Waals surface area contributed by atoms with Crippen LogP contribution in [0.2, 0.25) is 0 Å². The number of nitrogens with zero attached hydrogens (tertiary/aromatic N) is 4. The number of anilines is 1. The molecule has 36 heavy (non-hydrogen) atoms. The first-order valence-corrected chi connectivity index (χ1v) is 11.6. The number of nitrogens with two attached hydrogens (primary N) is 2. The molecule has 0 aliphatic carbocycles. The summed E-state index contributed by atoms with van der Waals surface area (Å²) in [6, 6.07) is 17.3. The van der Waals surface area contributed by atoms with Crippen molar-refractivity contribution in [1.82, 2.24) is 20.2 Å². The lowest BCUT2D eigenvalue weighted by Crippen LogP contribution is -2.46. The van der Waals surface area contributed by atoms with Crippen molar-refractivity contribution >= 4 is 27.3 Å². The number of amidine groups is 1. The summed E-state index contributed by atoms with van der Waals surface area (Å²) < 4.78 is 64.8. The van der Waals surface area contributed by atoms with Crippen LogP contribution in [-0.2, 0) is 9.84 Å². The van der Waals surface area contributed by atoms with Crippen LogP contribution in [0.25, 0.3) is 16.8 Å². The highest BCUT2D eigenvalue weighted by Gasteiger charge is 2.48. The number of benzene rings is 3. The number of hydrogen-bond acceptors (Lipinski definition) is 6. The number of nitrogens with one attached hydrogen (secondary N) is 1. The molecule has 0 bridgehead atoms. The first-order chi connectivity index (χ1) is 17.0. The van der Waals surface area contributed by atoms with E-state index in [1.165, 1.54) is 24.3 Å². The maximum absolute atomic E-state index is 13.4. The van der Waals surface area contributed by atoms with Crippen molar-refractivity contribution in [2.75, 3.05) is 5.32 Å². The molecule has 5 N–H and O–H groups in total. The molecule has 0 saturated carbocycles. The van der Waals surface area contributed by atoms with E-state index in [9.17, 15) is 26.4 Å². The molecule has 0 aliphatic rings. The molecule has 4 aromatic rings. The predicted octanol–water partition coefficient (Wildman–Crippen LogP) is 1.34. The number of rotatable bonds is 6. The van der Waals surface area contributed by atoms with Crippen LogP contribution in [0.4, 0.5) is 18.9 Å². The van der Waals surface area contributed by atoms with E-state index in [1.807, 2.05) is 0 Å². The lowest BCUT2D eigenvalue weighted by Gasteiger charge is -2.15. The topological polar surface area (TPSA) is 158 Å². The van der Waals surface area contributed by atoms with Gasteiger partial charge in [0.15, 0.2) is 0 Å². The number of alkyl halides is 3. The maximum Gasteiger partial charge on any atom is 0.501 e. The van der Waals surface area contributed by atoms with Gasteiger partial charge in [0.25, 0.3) is 27.4 Å². The second-order valence-corrected chi connectivity index (χ2v) is 9.30. The van der Waals surface area contributed by atoms with Gasteiger partial charge in [0.05, 0.1) is 16.1 Å². The Morgan fingerprint density at radius 2 is 1.72 bits per heavy atom. The molecule has 1 heterocycles. The lowest BCUT2D eigenvalue weighted by atomic mass is 10.1. The van der Waals surface area contributed by atoms with Gasteiger partial charge in [0.1, 0.15) is 0 Å². The minimum absolute atomic E-state index is 0.0542. The molecule has 4 rings (SSSR count). The maximum atomic E-state index is 13.4. The fourth-order valence-corrected chi connectivity index (χ4v) is 4.22. The minimum Gasteiger partial charge on any atom is -0.319 e.